The molecule has 2 aromatic carbocycles. The first-order valence-corrected chi connectivity index (χ1v) is 19.6. The molecule has 0 unspecified atom stereocenters. The molecule has 268 valence electrons. The number of benzene rings is 2. The van der Waals surface area contributed by atoms with Crippen molar-refractivity contribution in [2.24, 2.45) is 0 Å². The maximum atomic E-state index is 11.7. The van der Waals surface area contributed by atoms with Crippen LogP contribution in [0.4, 0.5) is 0 Å². The van der Waals surface area contributed by atoms with Gasteiger partial charge in [-0.3, -0.25) is 0 Å². The van der Waals surface area contributed by atoms with Crippen LogP contribution in [0.5, 0.6) is 11.5 Å². The average molecular weight is 667 g/mol. The molecule has 0 fully saturated rings. The highest BCUT2D eigenvalue weighted by Gasteiger charge is 2.39. The van der Waals surface area contributed by atoms with Gasteiger partial charge in [-0.05, 0) is 61.5 Å². The summed E-state index contributed by atoms with van der Waals surface area (Å²) in [5, 5.41) is 23.3. The van der Waals surface area contributed by atoms with Crippen molar-refractivity contribution in [1.82, 2.24) is 0 Å². The molecule has 0 aromatic heterocycles. The first kappa shape index (κ1) is 41.6. The van der Waals surface area contributed by atoms with Crippen LogP contribution in [0, 0.1) is 0 Å². The van der Waals surface area contributed by atoms with Gasteiger partial charge in [-0.1, -0.05) is 191 Å². The van der Waals surface area contributed by atoms with Crippen LogP contribution in [0.1, 0.15) is 207 Å². The van der Waals surface area contributed by atoms with E-state index in [1.165, 1.54) is 81.8 Å². The summed E-state index contributed by atoms with van der Waals surface area (Å²) in [4.78, 5) is 0. The average Bonchev–Trinajstić information content (AvgIpc) is 2.94. The van der Waals surface area contributed by atoms with Gasteiger partial charge in [0.25, 0.3) is 0 Å². The van der Waals surface area contributed by atoms with E-state index in [1.807, 2.05) is 0 Å². The van der Waals surface area contributed by atoms with Crippen molar-refractivity contribution in [1.29, 1.82) is 0 Å². The van der Waals surface area contributed by atoms with Gasteiger partial charge in [0.05, 0.1) is 0 Å². The standard InChI is InChI=1S/C44H74O2S/c1-14-15-16-17-18-19-20-21-22-23-24-25-26-44(31-47,32-27-34(40(2,3)4)38(45)35(28-32)41(5,6)7)33-29-36(42(8,9)10)39(46)37(30-33)43(11,12)13/h27-30,45-47H,14-26,31H2,1-13H3. The van der Waals surface area contributed by atoms with Crippen molar-refractivity contribution in [2.75, 3.05) is 5.75 Å². The lowest BCUT2D eigenvalue weighted by atomic mass is 9.66. The van der Waals surface area contributed by atoms with Gasteiger partial charge in [0.15, 0.2) is 0 Å². The fourth-order valence-electron chi connectivity index (χ4n) is 7.09. The fourth-order valence-corrected chi connectivity index (χ4v) is 7.62. The summed E-state index contributed by atoms with van der Waals surface area (Å²) in [6.07, 6.45) is 16.9. The quantitative estimate of drug-likeness (QED) is 0.123. The Labute approximate surface area is 297 Å². The normalized spacial score (nSPS) is 13.4. The SMILES string of the molecule is CCCCCCCCCCCCCCC(CS)(c1cc(C(C)(C)C)c(O)c(C(C)(C)C)c1)c1cc(C(C)(C)C)c(O)c(C(C)(C)C)c1. The smallest absolute Gasteiger partial charge is 0.123 e. The van der Waals surface area contributed by atoms with Crippen LogP contribution < -0.4 is 0 Å². The lowest BCUT2D eigenvalue weighted by Gasteiger charge is -2.39. The second kappa shape index (κ2) is 16.9. The summed E-state index contributed by atoms with van der Waals surface area (Å²) in [5.41, 5.74) is 5.17. The molecule has 0 saturated heterocycles. The maximum absolute atomic E-state index is 11.7. The molecule has 2 rings (SSSR count). The molecule has 2 nitrogen and oxygen atoms in total. The van der Waals surface area contributed by atoms with Crippen molar-refractivity contribution in [2.45, 2.75) is 201 Å². The van der Waals surface area contributed by atoms with Gasteiger partial charge in [0.2, 0.25) is 0 Å². The van der Waals surface area contributed by atoms with Gasteiger partial charge < -0.3 is 10.2 Å². The summed E-state index contributed by atoms with van der Waals surface area (Å²) >= 11 is 5.19. The number of phenols is 2. The molecule has 0 saturated carbocycles. The minimum Gasteiger partial charge on any atom is -0.507 e. The van der Waals surface area contributed by atoms with Gasteiger partial charge in [0, 0.05) is 11.2 Å². The molecule has 0 atom stereocenters. The summed E-state index contributed by atoms with van der Waals surface area (Å²) in [5.74, 6) is 1.49. The van der Waals surface area contributed by atoms with E-state index in [2.05, 4.69) is 114 Å². The van der Waals surface area contributed by atoms with E-state index in [0.717, 1.165) is 35.1 Å². The Kier molecular flexibility index (Phi) is 14.9. The highest BCUT2D eigenvalue weighted by Crippen LogP contribution is 2.49. The predicted molar refractivity (Wildman–Crippen MR) is 211 cm³/mol. The molecule has 0 spiro atoms. The van der Waals surface area contributed by atoms with Gasteiger partial charge in [-0.15, -0.1) is 0 Å². The van der Waals surface area contributed by atoms with Crippen LogP contribution >= 0.6 is 12.6 Å². The van der Waals surface area contributed by atoms with E-state index < -0.39 is 0 Å². The molecule has 2 N–H and O–H groups in total. The van der Waals surface area contributed by atoms with Crippen LogP contribution in [0.15, 0.2) is 24.3 Å². The van der Waals surface area contributed by atoms with Crippen molar-refractivity contribution in [3.63, 3.8) is 0 Å². The highest BCUT2D eigenvalue weighted by molar-refractivity contribution is 7.80. The fraction of sp³-hybridized carbons (Fsp3) is 0.727. The van der Waals surface area contributed by atoms with Crippen LogP contribution in [0.2, 0.25) is 0 Å². The third kappa shape index (κ3) is 11.2. The van der Waals surface area contributed by atoms with E-state index in [4.69, 9.17) is 12.6 Å². The third-order valence-corrected chi connectivity index (χ3v) is 10.8. The van der Waals surface area contributed by atoms with Crippen molar-refractivity contribution in [3.8, 4) is 11.5 Å². The molecule has 0 heterocycles. The van der Waals surface area contributed by atoms with Gasteiger partial charge in [0.1, 0.15) is 11.5 Å². The predicted octanol–water partition coefficient (Wildman–Crippen LogP) is 13.6. The summed E-state index contributed by atoms with van der Waals surface area (Å²) in [7, 11) is 0. The van der Waals surface area contributed by atoms with E-state index in [9.17, 15) is 10.2 Å². The Morgan fingerprint density at radius 1 is 0.447 bits per heavy atom. The Morgan fingerprint density at radius 3 is 0.936 bits per heavy atom. The summed E-state index contributed by atoms with van der Waals surface area (Å²) in [6.45, 7) is 28.6. The molecule has 0 bridgehead atoms. The van der Waals surface area contributed by atoms with E-state index in [0.29, 0.717) is 17.3 Å². The first-order valence-electron chi connectivity index (χ1n) is 19.0. The van der Waals surface area contributed by atoms with Crippen molar-refractivity contribution >= 4 is 12.6 Å². The monoisotopic (exact) mass is 667 g/mol. The lowest BCUT2D eigenvalue weighted by Crippen LogP contribution is -2.33. The minimum atomic E-state index is -0.372. The largest absolute Gasteiger partial charge is 0.507 e. The second-order valence-corrected chi connectivity index (χ2v) is 19.0. The summed E-state index contributed by atoms with van der Waals surface area (Å²) < 4.78 is 0. The van der Waals surface area contributed by atoms with Gasteiger partial charge in [-0.25, -0.2) is 0 Å². The van der Waals surface area contributed by atoms with E-state index >= 15 is 0 Å². The van der Waals surface area contributed by atoms with E-state index in [1.54, 1.807) is 0 Å². The van der Waals surface area contributed by atoms with Gasteiger partial charge in [-0.2, -0.15) is 12.6 Å². The molecular weight excluding hydrogens is 593 g/mol. The second-order valence-electron chi connectivity index (χ2n) is 18.7. The van der Waals surface area contributed by atoms with Crippen LogP contribution in [0.3, 0.4) is 0 Å². The van der Waals surface area contributed by atoms with Crippen LogP contribution in [-0.2, 0) is 27.1 Å². The highest BCUT2D eigenvalue weighted by atomic mass is 32.1. The summed E-state index contributed by atoms with van der Waals surface area (Å²) in [6, 6.07) is 9.12. The molecule has 0 amide bonds. The molecule has 3 heteroatoms. The minimum absolute atomic E-state index is 0.222. The Morgan fingerprint density at radius 2 is 0.702 bits per heavy atom. The maximum Gasteiger partial charge on any atom is 0.123 e. The number of phenolic OH excluding ortho intramolecular Hbond substituents is 2. The first-order chi connectivity index (χ1) is 21.6. The topological polar surface area (TPSA) is 40.5 Å². The Bertz CT molecular complexity index is 1110. The number of unbranched alkanes of at least 4 members (excludes halogenated alkanes) is 11. The molecule has 0 radical (unpaired) electrons. The number of hydrogen-bond acceptors (Lipinski definition) is 3. The number of aromatic hydroxyl groups is 2. The lowest BCUT2D eigenvalue weighted by molar-refractivity contribution is 0.415. The zero-order valence-corrected chi connectivity index (χ0v) is 33.9. The van der Waals surface area contributed by atoms with Crippen LogP contribution in [0.25, 0.3) is 0 Å². The molecule has 0 aliphatic heterocycles. The van der Waals surface area contributed by atoms with Gasteiger partial charge >= 0.3 is 0 Å². The Hall–Kier alpha value is -1.61. The Balaban J connectivity index is 2.62. The molecular formula is C44H74O2S. The molecule has 47 heavy (non-hydrogen) atoms. The van der Waals surface area contributed by atoms with E-state index in [-0.39, 0.29) is 27.1 Å². The zero-order valence-electron chi connectivity index (χ0n) is 33.1. The van der Waals surface area contributed by atoms with Crippen molar-refractivity contribution < 1.29 is 10.2 Å². The number of hydrogen-bond donors (Lipinski definition) is 3. The third-order valence-electron chi connectivity index (χ3n) is 10.3. The van der Waals surface area contributed by atoms with Crippen LogP contribution in [-0.4, -0.2) is 16.0 Å². The molecule has 0 aliphatic carbocycles. The molecule has 0 aliphatic rings. The number of thiol groups is 1. The van der Waals surface area contributed by atoms with Crippen molar-refractivity contribution in [3.05, 3.63) is 57.6 Å². The zero-order chi connectivity index (χ0) is 35.8. The molecule has 2 aromatic rings. The number of rotatable bonds is 16.